The largest absolute Gasteiger partial charge is 0.493 e. The number of allylic oxidation sites excluding steroid dienone is 1. The van der Waals surface area contributed by atoms with E-state index in [-0.39, 0.29) is 11.4 Å². The number of ketones is 1. The zero-order valence-electron chi connectivity index (χ0n) is 13.3. The third-order valence-electron chi connectivity index (χ3n) is 3.27. The van der Waals surface area contributed by atoms with Crippen molar-refractivity contribution >= 4 is 11.9 Å². The minimum absolute atomic E-state index is 0.0284. The first-order valence-corrected chi connectivity index (χ1v) is 7.12. The highest BCUT2D eigenvalue weighted by molar-refractivity contribution is 6.14. The Balaban J connectivity index is 2.37. The molecule has 0 bridgehead atoms. The van der Waals surface area contributed by atoms with Crippen LogP contribution in [0.15, 0.2) is 40.5 Å². The van der Waals surface area contributed by atoms with Crippen LogP contribution in [0.25, 0.3) is 6.08 Å². The monoisotopic (exact) mass is 311 g/mol. The van der Waals surface area contributed by atoms with Gasteiger partial charge < -0.3 is 13.9 Å². The lowest BCUT2D eigenvalue weighted by Gasteiger charge is -2.09. The maximum absolute atomic E-state index is 12.4. The van der Waals surface area contributed by atoms with Crippen LogP contribution in [0.5, 0.6) is 11.5 Å². The lowest BCUT2D eigenvalue weighted by Crippen LogP contribution is -2.02. The van der Waals surface area contributed by atoms with Crippen molar-refractivity contribution in [1.82, 2.24) is 0 Å². The first kappa shape index (κ1) is 16.4. The smallest absolute Gasteiger partial charge is 0.207 e. The van der Waals surface area contributed by atoms with Gasteiger partial charge in [-0.05, 0) is 43.7 Å². The Hall–Kier alpha value is -3.00. The molecule has 5 nitrogen and oxygen atoms in total. The van der Waals surface area contributed by atoms with Gasteiger partial charge in [0.15, 0.2) is 11.5 Å². The Morgan fingerprint density at radius 3 is 2.70 bits per heavy atom. The van der Waals surface area contributed by atoms with Crippen molar-refractivity contribution in [3.05, 3.63) is 53.0 Å². The minimum Gasteiger partial charge on any atom is -0.493 e. The average Bonchev–Trinajstić information content (AvgIpc) is 2.99. The second-order valence-electron chi connectivity index (χ2n) is 4.73. The summed E-state index contributed by atoms with van der Waals surface area (Å²) in [5, 5.41) is 9.29. The van der Waals surface area contributed by atoms with E-state index in [0.717, 1.165) is 0 Å². The van der Waals surface area contributed by atoms with Crippen LogP contribution >= 0.6 is 0 Å². The van der Waals surface area contributed by atoms with Gasteiger partial charge in [0.25, 0.3) is 0 Å². The quantitative estimate of drug-likeness (QED) is 0.461. The summed E-state index contributed by atoms with van der Waals surface area (Å²) in [5.41, 5.74) is 1.09. The standard InChI is InChI=1S/C18H17NO4/c1-4-22-16-6-5-13(10-17(16)21-3)9-14(11-19)18(20)15-7-8-23-12(15)2/h5-10H,4H2,1-3H3/b14-9+. The second kappa shape index (κ2) is 7.32. The van der Waals surface area contributed by atoms with Crippen molar-refractivity contribution in [2.75, 3.05) is 13.7 Å². The Labute approximate surface area is 134 Å². The number of carbonyl (C=O) groups excluding carboxylic acids is 1. The molecule has 0 saturated heterocycles. The summed E-state index contributed by atoms with van der Waals surface area (Å²) in [6.45, 7) is 4.09. The maximum Gasteiger partial charge on any atom is 0.207 e. The van der Waals surface area contributed by atoms with Crippen molar-refractivity contribution in [1.29, 1.82) is 5.26 Å². The van der Waals surface area contributed by atoms with Gasteiger partial charge in [0.1, 0.15) is 17.4 Å². The summed E-state index contributed by atoms with van der Waals surface area (Å²) in [7, 11) is 1.54. The predicted molar refractivity (Wildman–Crippen MR) is 85.5 cm³/mol. The van der Waals surface area contributed by atoms with Crippen molar-refractivity contribution in [3.8, 4) is 17.6 Å². The number of benzene rings is 1. The van der Waals surface area contributed by atoms with Crippen LogP contribution in [0.3, 0.4) is 0 Å². The lowest BCUT2D eigenvalue weighted by atomic mass is 10.0. The van der Waals surface area contributed by atoms with Gasteiger partial charge >= 0.3 is 0 Å². The van der Waals surface area contributed by atoms with E-state index < -0.39 is 0 Å². The fourth-order valence-corrected chi connectivity index (χ4v) is 2.13. The molecule has 0 radical (unpaired) electrons. The Kier molecular flexibility index (Phi) is 5.21. The number of ether oxygens (including phenoxy) is 2. The molecule has 5 heteroatoms. The van der Waals surface area contributed by atoms with E-state index >= 15 is 0 Å². The van der Waals surface area contributed by atoms with Crippen LogP contribution in [0.4, 0.5) is 0 Å². The van der Waals surface area contributed by atoms with Crippen LogP contribution in [0.1, 0.15) is 28.6 Å². The van der Waals surface area contributed by atoms with Gasteiger partial charge in [0.05, 0.1) is 25.5 Å². The van der Waals surface area contributed by atoms with Crippen molar-refractivity contribution in [2.45, 2.75) is 13.8 Å². The number of nitrogens with zero attached hydrogens (tertiary/aromatic N) is 1. The Bertz CT molecular complexity index is 781. The van der Waals surface area contributed by atoms with E-state index in [4.69, 9.17) is 13.9 Å². The number of nitriles is 1. The molecule has 0 fully saturated rings. The van der Waals surface area contributed by atoms with Crippen molar-refractivity contribution in [3.63, 3.8) is 0 Å². The van der Waals surface area contributed by atoms with Gasteiger partial charge in [-0.3, -0.25) is 4.79 Å². The summed E-state index contributed by atoms with van der Waals surface area (Å²) >= 11 is 0. The zero-order chi connectivity index (χ0) is 16.8. The number of Topliss-reactive ketones (excluding diaryl/α,β-unsaturated/α-hetero) is 1. The van der Waals surface area contributed by atoms with Gasteiger partial charge in [-0.1, -0.05) is 6.07 Å². The van der Waals surface area contributed by atoms with Gasteiger partial charge in [0.2, 0.25) is 5.78 Å². The highest BCUT2D eigenvalue weighted by Crippen LogP contribution is 2.29. The number of hydrogen-bond acceptors (Lipinski definition) is 5. The SMILES string of the molecule is CCOc1ccc(/C=C(\C#N)C(=O)c2ccoc2C)cc1OC. The van der Waals surface area contributed by atoms with Crippen LogP contribution in [-0.2, 0) is 0 Å². The molecule has 23 heavy (non-hydrogen) atoms. The number of rotatable bonds is 6. The topological polar surface area (TPSA) is 72.5 Å². The highest BCUT2D eigenvalue weighted by atomic mass is 16.5. The molecule has 118 valence electrons. The first-order valence-electron chi connectivity index (χ1n) is 7.12. The van der Waals surface area contributed by atoms with Gasteiger partial charge in [-0.15, -0.1) is 0 Å². The summed E-state index contributed by atoms with van der Waals surface area (Å²) in [5.74, 6) is 1.28. The van der Waals surface area contributed by atoms with E-state index in [2.05, 4.69) is 0 Å². The molecule has 0 saturated carbocycles. The van der Waals surface area contributed by atoms with Crippen LogP contribution in [-0.4, -0.2) is 19.5 Å². The normalized spacial score (nSPS) is 11.0. The number of aryl methyl sites for hydroxylation is 1. The molecule has 1 aromatic heterocycles. The van der Waals surface area contributed by atoms with Gasteiger partial charge in [0, 0.05) is 0 Å². The molecule has 0 N–H and O–H groups in total. The fourth-order valence-electron chi connectivity index (χ4n) is 2.13. The lowest BCUT2D eigenvalue weighted by molar-refractivity contribution is 0.103. The van der Waals surface area contributed by atoms with Gasteiger partial charge in [-0.25, -0.2) is 0 Å². The van der Waals surface area contributed by atoms with Crippen molar-refractivity contribution in [2.24, 2.45) is 0 Å². The fraction of sp³-hybridized carbons (Fsp3) is 0.222. The molecule has 0 aliphatic heterocycles. The zero-order valence-corrected chi connectivity index (χ0v) is 13.3. The third kappa shape index (κ3) is 3.61. The summed E-state index contributed by atoms with van der Waals surface area (Å²) in [4.78, 5) is 12.4. The number of carbonyl (C=O) groups is 1. The molecule has 2 aromatic rings. The molecule has 2 rings (SSSR count). The maximum atomic E-state index is 12.4. The highest BCUT2D eigenvalue weighted by Gasteiger charge is 2.16. The molecule has 0 aliphatic rings. The molecule has 0 atom stereocenters. The van der Waals surface area contributed by atoms with E-state index in [0.29, 0.717) is 35.0 Å². The minimum atomic E-state index is -0.369. The summed E-state index contributed by atoms with van der Waals surface area (Å²) < 4.78 is 15.8. The van der Waals surface area contributed by atoms with E-state index in [1.807, 2.05) is 13.0 Å². The molecule has 1 heterocycles. The first-order chi connectivity index (χ1) is 11.1. The molecule has 0 spiro atoms. The predicted octanol–water partition coefficient (Wildman–Crippen LogP) is 3.79. The number of methoxy groups -OCH3 is 1. The van der Waals surface area contributed by atoms with Crippen LogP contribution in [0, 0.1) is 18.3 Å². The summed E-state index contributed by atoms with van der Waals surface area (Å²) in [6, 6.07) is 8.73. The second-order valence-corrected chi connectivity index (χ2v) is 4.73. The Morgan fingerprint density at radius 1 is 1.35 bits per heavy atom. The van der Waals surface area contributed by atoms with Gasteiger partial charge in [-0.2, -0.15) is 5.26 Å². The molecule has 0 aliphatic carbocycles. The van der Waals surface area contributed by atoms with E-state index in [1.165, 1.54) is 19.4 Å². The molecular formula is C18H17NO4. The molecule has 0 amide bonds. The van der Waals surface area contributed by atoms with Crippen LogP contribution < -0.4 is 9.47 Å². The summed E-state index contributed by atoms with van der Waals surface area (Å²) in [6.07, 6.45) is 2.95. The van der Waals surface area contributed by atoms with Crippen LogP contribution in [0.2, 0.25) is 0 Å². The molecule has 1 aromatic carbocycles. The number of furan rings is 1. The third-order valence-corrected chi connectivity index (χ3v) is 3.27. The molecular weight excluding hydrogens is 294 g/mol. The average molecular weight is 311 g/mol. The molecule has 0 unspecified atom stereocenters. The van der Waals surface area contributed by atoms with E-state index in [1.54, 1.807) is 31.2 Å². The Morgan fingerprint density at radius 2 is 2.13 bits per heavy atom. The van der Waals surface area contributed by atoms with E-state index in [9.17, 15) is 10.1 Å². The number of hydrogen-bond donors (Lipinski definition) is 0. The van der Waals surface area contributed by atoms with Crippen molar-refractivity contribution < 1.29 is 18.7 Å².